The minimum absolute atomic E-state index is 0.195. The molecule has 1 saturated carbocycles. The molecule has 1 aromatic carbocycles. The molecule has 0 unspecified atom stereocenters. The van der Waals surface area contributed by atoms with E-state index in [9.17, 15) is 5.11 Å². The summed E-state index contributed by atoms with van der Waals surface area (Å²) in [7, 11) is 1.57. The van der Waals surface area contributed by atoms with Crippen molar-refractivity contribution in [1.29, 1.82) is 0 Å². The number of hydrogen-bond donors (Lipinski definition) is 1. The highest BCUT2D eigenvalue weighted by atomic mass is 16.5. The van der Waals surface area contributed by atoms with E-state index in [1.54, 1.807) is 25.3 Å². The van der Waals surface area contributed by atoms with E-state index in [4.69, 9.17) is 9.47 Å². The highest BCUT2D eigenvalue weighted by molar-refractivity contribution is 5.44. The smallest absolute Gasteiger partial charge is 0.164 e. The first-order valence-corrected chi connectivity index (χ1v) is 4.79. The van der Waals surface area contributed by atoms with Crippen LogP contribution in [0.4, 0.5) is 0 Å². The largest absolute Gasteiger partial charge is 0.508 e. The molecular weight excluding hydrogens is 180 g/mol. The molecule has 1 fully saturated rings. The molecule has 0 atom stereocenters. The van der Waals surface area contributed by atoms with E-state index in [1.165, 1.54) is 12.8 Å². The van der Waals surface area contributed by atoms with Crippen LogP contribution in [0.1, 0.15) is 12.8 Å². The number of phenolic OH excluding ortho intramolecular Hbond substituents is 1. The number of rotatable bonds is 4. The van der Waals surface area contributed by atoms with Crippen LogP contribution in [-0.4, -0.2) is 18.8 Å². The summed E-state index contributed by atoms with van der Waals surface area (Å²) in [4.78, 5) is 0. The summed E-state index contributed by atoms with van der Waals surface area (Å²) in [6.07, 6.45) is 2.53. The van der Waals surface area contributed by atoms with Crippen molar-refractivity contribution in [3.8, 4) is 17.2 Å². The van der Waals surface area contributed by atoms with Crippen LogP contribution in [0.15, 0.2) is 18.2 Å². The molecule has 0 radical (unpaired) electrons. The Morgan fingerprint density at radius 2 is 2.14 bits per heavy atom. The van der Waals surface area contributed by atoms with Crippen LogP contribution in [0, 0.1) is 5.92 Å². The summed E-state index contributed by atoms with van der Waals surface area (Å²) in [6.45, 7) is 0.751. The molecule has 1 aromatic rings. The van der Waals surface area contributed by atoms with Crippen molar-refractivity contribution in [2.45, 2.75) is 12.8 Å². The SMILES string of the molecule is COc1cc(O)ccc1OCC1CC1. The van der Waals surface area contributed by atoms with Gasteiger partial charge in [-0.2, -0.15) is 0 Å². The summed E-state index contributed by atoms with van der Waals surface area (Å²) < 4.78 is 10.7. The van der Waals surface area contributed by atoms with Gasteiger partial charge in [-0.3, -0.25) is 0 Å². The van der Waals surface area contributed by atoms with Gasteiger partial charge in [0.15, 0.2) is 11.5 Å². The number of phenols is 1. The van der Waals surface area contributed by atoms with E-state index < -0.39 is 0 Å². The minimum Gasteiger partial charge on any atom is -0.508 e. The van der Waals surface area contributed by atoms with Gasteiger partial charge in [0.1, 0.15) is 5.75 Å². The minimum atomic E-state index is 0.195. The molecule has 14 heavy (non-hydrogen) atoms. The lowest BCUT2D eigenvalue weighted by atomic mass is 10.3. The predicted molar refractivity (Wildman–Crippen MR) is 52.9 cm³/mol. The average Bonchev–Trinajstić information content (AvgIpc) is 2.99. The highest BCUT2D eigenvalue weighted by Gasteiger charge is 2.22. The first-order chi connectivity index (χ1) is 6.79. The van der Waals surface area contributed by atoms with Gasteiger partial charge in [-0.25, -0.2) is 0 Å². The van der Waals surface area contributed by atoms with Crippen molar-refractivity contribution in [2.24, 2.45) is 5.92 Å². The van der Waals surface area contributed by atoms with E-state index in [2.05, 4.69) is 0 Å². The van der Waals surface area contributed by atoms with Crippen molar-refractivity contribution in [2.75, 3.05) is 13.7 Å². The number of benzene rings is 1. The van der Waals surface area contributed by atoms with Crippen LogP contribution >= 0.6 is 0 Å². The first-order valence-electron chi connectivity index (χ1n) is 4.79. The lowest BCUT2D eigenvalue weighted by Gasteiger charge is -2.10. The van der Waals surface area contributed by atoms with Gasteiger partial charge in [0.2, 0.25) is 0 Å². The van der Waals surface area contributed by atoms with Gasteiger partial charge in [-0.15, -0.1) is 0 Å². The first kappa shape index (κ1) is 9.19. The Morgan fingerprint density at radius 3 is 2.79 bits per heavy atom. The monoisotopic (exact) mass is 194 g/mol. The number of methoxy groups -OCH3 is 1. The van der Waals surface area contributed by atoms with Gasteiger partial charge in [0.25, 0.3) is 0 Å². The Morgan fingerprint density at radius 1 is 1.36 bits per heavy atom. The normalized spacial score (nSPS) is 15.2. The molecule has 0 bridgehead atoms. The summed E-state index contributed by atoms with van der Waals surface area (Å²) in [5.74, 6) is 2.21. The molecule has 1 aliphatic rings. The summed E-state index contributed by atoms with van der Waals surface area (Å²) in [5, 5.41) is 9.22. The fourth-order valence-electron chi connectivity index (χ4n) is 1.27. The fourth-order valence-corrected chi connectivity index (χ4v) is 1.27. The zero-order valence-electron chi connectivity index (χ0n) is 8.19. The van der Waals surface area contributed by atoms with Crippen molar-refractivity contribution in [1.82, 2.24) is 0 Å². The molecule has 0 aromatic heterocycles. The molecule has 1 aliphatic carbocycles. The number of hydrogen-bond acceptors (Lipinski definition) is 3. The van der Waals surface area contributed by atoms with Crippen LogP contribution in [0.3, 0.4) is 0 Å². The Balaban J connectivity index is 2.05. The third kappa shape index (κ3) is 2.10. The second kappa shape index (κ2) is 3.78. The molecule has 0 spiro atoms. The van der Waals surface area contributed by atoms with Crippen molar-refractivity contribution < 1.29 is 14.6 Å². The Kier molecular flexibility index (Phi) is 2.48. The van der Waals surface area contributed by atoms with Gasteiger partial charge in [-0.1, -0.05) is 0 Å². The van der Waals surface area contributed by atoms with E-state index in [-0.39, 0.29) is 5.75 Å². The topological polar surface area (TPSA) is 38.7 Å². The third-order valence-corrected chi connectivity index (χ3v) is 2.32. The van der Waals surface area contributed by atoms with E-state index in [0.29, 0.717) is 17.4 Å². The van der Waals surface area contributed by atoms with E-state index in [0.717, 1.165) is 6.61 Å². The quantitative estimate of drug-likeness (QED) is 0.798. The van der Waals surface area contributed by atoms with E-state index in [1.807, 2.05) is 0 Å². The summed E-state index contributed by atoms with van der Waals surface area (Å²) in [6, 6.07) is 4.89. The van der Waals surface area contributed by atoms with Crippen LogP contribution in [0.2, 0.25) is 0 Å². The highest BCUT2D eigenvalue weighted by Crippen LogP contribution is 2.34. The van der Waals surface area contributed by atoms with Gasteiger partial charge in [0, 0.05) is 6.07 Å². The molecular formula is C11H14O3. The summed E-state index contributed by atoms with van der Waals surface area (Å²) >= 11 is 0. The molecule has 0 saturated heterocycles. The van der Waals surface area contributed by atoms with Gasteiger partial charge >= 0.3 is 0 Å². The lowest BCUT2D eigenvalue weighted by molar-refractivity contribution is 0.279. The zero-order chi connectivity index (χ0) is 9.97. The van der Waals surface area contributed by atoms with Crippen molar-refractivity contribution >= 4 is 0 Å². The lowest BCUT2D eigenvalue weighted by Crippen LogP contribution is -2.00. The molecule has 3 heteroatoms. The van der Waals surface area contributed by atoms with E-state index >= 15 is 0 Å². The molecule has 0 heterocycles. The average molecular weight is 194 g/mol. The standard InChI is InChI=1S/C11H14O3/c1-13-11-6-9(12)4-5-10(11)14-7-8-2-3-8/h4-6,8,12H,2-3,7H2,1H3. The molecule has 1 N–H and O–H groups in total. The third-order valence-electron chi connectivity index (χ3n) is 2.32. The summed E-state index contributed by atoms with van der Waals surface area (Å²) in [5.41, 5.74) is 0. The Labute approximate surface area is 83.3 Å². The Hall–Kier alpha value is -1.38. The maximum Gasteiger partial charge on any atom is 0.164 e. The zero-order valence-corrected chi connectivity index (χ0v) is 8.19. The second-order valence-corrected chi connectivity index (χ2v) is 3.59. The van der Waals surface area contributed by atoms with Gasteiger partial charge in [-0.05, 0) is 30.9 Å². The molecule has 2 rings (SSSR count). The van der Waals surface area contributed by atoms with Crippen LogP contribution in [0.25, 0.3) is 0 Å². The van der Waals surface area contributed by atoms with Gasteiger partial charge < -0.3 is 14.6 Å². The second-order valence-electron chi connectivity index (χ2n) is 3.59. The fraction of sp³-hybridized carbons (Fsp3) is 0.455. The van der Waals surface area contributed by atoms with Crippen LogP contribution < -0.4 is 9.47 Å². The predicted octanol–water partition coefficient (Wildman–Crippen LogP) is 2.19. The molecule has 0 amide bonds. The number of ether oxygens (including phenoxy) is 2. The maximum absolute atomic E-state index is 9.22. The number of aromatic hydroxyl groups is 1. The molecule has 3 nitrogen and oxygen atoms in total. The Bertz CT molecular complexity index is 318. The molecule has 76 valence electrons. The van der Waals surface area contributed by atoms with Crippen LogP contribution in [0.5, 0.6) is 17.2 Å². The van der Waals surface area contributed by atoms with Gasteiger partial charge in [0.05, 0.1) is 13.7 Å². The van der Waals surface area contributed by atoms with Crippen molar-refractivity contribution in [3.05, 3.63) is 18.2 Å². The van der Waals surface area contributed by atoms with Crippen LogP contribution in [-0.2, 0) is 0 Å². The molecule has 0 aliphatic heterocycles. The van der Waals surface area contributed by atoms with Crippen molar-refractivity contribution in [3.63, 3.8) is 0 Å². The maximum atomic E-state index is 9.22.